The van der Waals surface area contributed by atoms with Gasteiger partial charge in [-0.2, -0.15) is 0 Å². The Bertz CT molecular complexity index is 670. The van der Waals surface area contributed by atoms with Crippen molar-refractivity contribution >= 4 is 16.6 Å². The van der Waals surface area contributed by atoms with Gasteiger partial charge in [0.1, 0.15) is 0 Å². The topological polar surface area (TPSA) is 19.0 Å². The monoisotopic (exact) mass is 264 g/mol. The van der Waals surface area contributed by atoms with E-state index in [1.54, 1.807) is 0 Å². The van der Waals surface area contributed by atoms with Crippen LogP contribution in [0.15, 0.2) is 60.8 Å². The normalized spacial score (nSPS) is 10.8. The Balaban J connectivity index is 1.75. The molecule has 1 N–H and O–H groups in total. The molecule has 0 unspecified atom stereocenters. The lowest BCUT2D eigenvalue weighted by atomic mass is 10.1. The highest BCUT2D eigenvalue weighted by Gasteiger charge is 2.07. The molecule has 0 aliphatic carbocycles. The second kappa shape index (κ2) is 5.83. The number of benzene rings is 2. The van der Waals surface area contributed by atoms with Crippen molar-refractivity contribution in [1.82, 2.24) is 4.98 Å². The number of aromatic amines is 1. The van der Waals surface area contributed by atoms with E-state index >= 15 is 0 Å². The van der Waals surface area contributed by atoms with Crippen LogP contribution < -0.4 is 4.90 Å². The molecule has 0 atom stereocenters. The number of anilines is 1. The molecule has 3 aromatic rings. The summed E-state index contributed by atoms with van der Waals surface area (Å²) in [6, 6.07) is 19.1. The highest BCUT2D eigenvalue weighted by Crippen LogP contribution is 2.19. The van der Waals surface area contributed by atoms with Gasteiger partial charge in [0.2, 0.25) is 0 Å². The van der Waals surface area contributed by atoms with Crippen LogP contribution in [-0.2, 0) is 6.42 Å². The Morgan fingerprint density at radius 3 is 2.50 bits per heavy atom. The molecule has 2 nitrogen and oxygen atoms in total. The standard InChI is InChI=1S/C18H20N2/c1-2-20(16-8-4-3-5-9-16)13-12-15-14-19-18-11-7-6-10-17(15)18/h3-11,14,19H,2,12-13H2,1H3. The van der Waals surface area contributed by atoms with Crippen molar-refractivity contribution in [3.8, 4) is 0 Å². The molecule has 1 heterocycles. The van der Waals surface area contributed by atoms with Crippen molar-refractivity contribution in [2.45, 2.75) is 13.3 Å². The predicted octanol–water partition coefficient (Wildman–Crippen LogP) is 4.24. The number of likely N-dealkylation sites (N-methyl/N-ethyl adjacent to an activating group) is 1. The average Bonchev–Trinajstić information content (AvgIpc) is 2.92. The van der Waals surface area contributed by atoms with Crippen LogP contribution in [0.25, 0.3) is 10.9 Å². The molecule has 0 aliphatic heterocycles. The first kappa shape index (κ1) is 12.8. The Kier molecular flexibility index (Phi) is 3.73. The molecular weight excluding hydrogens is 244 g/mol. The zero-order chi connectivity index (χ0) is 13.8. The molecule has 0 amide bonds. The van der Waals surface area contributed by atoms with Gasteiger partial charge in [-0.3, -0.25) is 0 Å². The van der Waals surface area contributed by atoms with Gasteiger partial charge in [0.15, 0.2) is 0 Å². The molecule has 0 spiro atoms. The van der Waals surface area contributed by atoms with Gasteiger partial charge < -0.3 is 9.88 Å². The van der Waals surface area contributed by atoms with Crippen LogP contribution in [0.3, 0.4) is 0 Å². The van der Waals surface area contributed by atoms with E-state index in [1.807, 2.05) is 0 Å². The molecule has 0 fully saturated rings. The van der Waals surface area contributed by atoms with Gasteiger partial charge >= 0.3 is 0 Å². The van der Waals surface area contributed by atoms with E-state index in [-0.39, 0.29) is 0 Å². The van der Waals surface area contributed by atoms with Crippen LogP contribution in [0.2, 0.25) is 0 Å². The second-order valence-electron chi connectivity index (χ2n) is 5.02. The van der Waals surface area contributed by atoms with E-state index in [0.29, 0.717) is 0 Å². The number of para-hydroxylation sites is 2. The number of aromatic nitrogens is 1. The predicted molar refractivity (Wildman–Crippen MR) is 86.3 cm³/mol. The lowest BCUT2D eigenvalue weighted by Crippen LogP contribution is -2.25. The van der Waals surface area contributed by atoms with Crippen molar-refractivity contribution in [3.05, 3.63) is 66.4 Å². The lowest BCUT2D eigenvalue weighted by Gasteiger charge is -2.22. The Morgan fingerprint density at radius 2 is 1.70 bits per heavy atom. The maximum atomic E-state index is 3.35. The summed E-state index contributed by atoms with van der Waals surface area (Å²) >= 11 is 0. The van der Waals surface area contributed by atoms with Crippen molar-refractivity contribution in [2.24, 2.45) is 0 Å². The van der Waals surface area contributed by atoms with E-state index in [2.05, 4.69) is 77.6 Å². The molecule has 2 aromatic carbocycles. The molecule has 0 bridgehead atoms. The first-order valence-electron chi connectivity index (χ1n) is 7.23. The lowest BCUT2D eigenvalue weighted by molar-refractivity contribution is 0.811. The van der Waals surface area contributed by atoms with Gasteiger partial charge in [0, 0.05) is 35.9 Å². The minimum absolute atomic E-state index is 1.03. The number of hydrogen-bond acceptors (Lipinski definition) is 1. The minimum Gasteiger partial charge on any atom is -0.371 e. The third kappa shape index (κ3) is 2.55. The third-order valence-electron chi connectivity index (χ3n) is 3.83. The van der Waals surface area contributed by atoms with Crippen molar-refractivity contribution in [3.63, 3.8) is 0 Å². The maximum absolute atomic E-state index is 3.35. The largest absolute Gasteiger partial charge is 0.371 e. The number of hydrogen-bond donors (Lipinski definition) is 1. The maximum Gasteiger partial charge on any atom is 0.0456 e. The van der Waals surface area contributed by atoms with Gasteiger partial charge in [-0.15, -0.1) is 0 Å². The zero-order valence-corrected chi connectivity index (χ0v) is 11.8. The fourth-order valence-electron chi connectivity index (χ4n) is 2.70. The Morgan fingerprint density at radius 1 is 0.950 bits per heavy atom. The minimum atomic E-state index is 1.03. The molecule has 0 saturated carbocycles. The van der Waals surface area contributed by atoms with Crippen LogP contribution >= 0.6 is 0 Å². The molecule has 0 radical (unpaired) electrons. The SMILES string of the molecule is CCN(CCc1c[nH]c2ccccc12)c1ccccc1. The molecule has 3 rings (SSSR count). The van der Waals surface area contributed by atoms with Gasteiger partial charge in [-0.05, 0) is 37.1 Å². The summed E-state index contributed by atoms with van der Waals surface area (Å²) in [4.78, 5) is 5.77. The number of nitrogens with one attached hydrogen (secondary N) is 1. The van der Waals surface area contributed by atoms with E-state index in [9.17, 15) is 0 Å². The molecule has 2 heteroatoms. The number of rotatable bonds is 5. The first-order chi connectivity index (χ1) is 9.88. The third-order valence-corrected chi connectivity index (χ3v) is 3.83. The zero-order valence-electron chi connectivity index (χ0n) is 11.8. The van der Waals surface area contributed by atoms with E-state index in [4.69, 9.17) is 0 Å². The summed E-state index contributed by atoms with van der Waals surface area (Å²) in [7, 11) is 0. The van der Waals surface area contributed by atoms with Gasteiger partial charge in [-0.25, -0.2) is 0 Å². The fraction of sp³-hybridized carbons (Fsp3) is 0.222. The molecule has 0 saturated heterocycles. The van der Waals surface area contributed by atoms with Crippen LogP contribution in [-0.4, -0.2) is 18.1 Å². The van der Waals surface area contributed by atoms with E-state index < -0.39 is 0 Å². The van der Waals surface area contributed by atoms with Crippen molar-refractivity contribution in [2.75, 3.05) is 18.0 Å². The second-order valence-corrected chi connectivity index (χ2v) is 5.02. The molecule has 1 aromatic heterocycles. The van der Waals surface area contributed by atoms with Gasteiger partial charge in [0.25, 0.3) is 0 Å². The highest BCUT2D eigenvalue weighted by molar-refractivity contribution is 5.83. The average molecular weight is 264 g/mol. The first-order valence-corrected chi connectivity index (χ1v) is 7.23. The Hall–Kier alpha value is -2.22. The van der Waals surface area contributed by atoms with Gasteiger partial charge in [0.05, 0.1) is 0 Å². The highest BCUT2D eigenvalue weighted by atomic mass is 15.1. The van der Waals surface area contributed by atoms with E-state index in [0.717, 1.165) is 19.5 Å². The van der Waals surface area contributed by atoms with Crippen molar-refractivity contribution in [1.29, 1.82) is 0 Å². The van der Waals surface area contributed by atoms with Crippen LogP contribution in [0, 0.1) is 0 Å². The molecular formula is C18H20N2. The summed E-state index contributed by atoms with van der Waals surface area (Å²) in [6.45, 7) is 4.29. The molecule has 0 aliphatic rings. The van der Waals surface area contributed by atoms with Crippen molar-refractivity contribution < 1.29 is 0 Å². The number of fused-ring (bicyclic) bond motifs is 1. The molecule has 20 heavy (non-hydrogen) atoms. The van der Waals surface area contributed by atoms with Gasteiger partial charge in [-0.1, -0.05) is 36.4 Å². The quantitative estimate of drug-likeness (QED) is 0.730. The van der Waals surface area contributed by atoms with Crippen LogP contribution in [0.4, 0.5) is 5.69 Å². The fourth-order valence-corrected chi connectivity index (χ4v) is 2.70. The number of nitrogens with zero attached hydrogens (tertiary/aromatic N) is 1. The summed E-state index contributed by atoms with van der Waals surface area (Å²) in [5.74, 6) is 0. The van der Waals surface area contributed by atoms with E-state index in [1.165, 1.54) is 22.2 Å². The number of H-pyrrole nitrogens is 1. The Labute approximate surface area is 120 Å². The summed E-state index contributed by atoms with van der Waals surface area (Å²) in [5, 5.41) is 1.34. The summed E-state index contributed by atoms with van der Waals surface area (Å²) in [6.07, 6.45) is 3.20. The smallest absolute Gasteiger partial charge is 0.0456 e. The summed E-state index contributed by atoms with van der Waals surface area (Å²) in [5.41, 5.74) is 3.93. The van der Waals surface area contributed by atoms with Crippen LogP contribution in [0.1, 0.15) is 12.5 Å². The van der Waals surface area contributed by atoms with Crippen LogP contribution in [0.5, 0.6) is 0 Å². The summed E-state index contributed by atoms with van der Waals surface area (Å²) < 4.78 is 0. The molecule has 102 valence electrons.